The zero-order chi connectivity index (χ0) is 20.8. The lowest BCUT2D eigenvalue weighted by atomic mass is 10.1. The summed E-state index contributed by atoms with van der Waals surface area (Å²) >= 11 is 5.94. The van der Waals surface area contributed by atoms with Crippen molar-refractivity contribution in [2.75, 3.05) is 0 Å². The average Bonchev–Trinajstić information content (AvgIpc) is 2.71. The lowest BCUT2D eigenvalue weighted by molar-refractivity contribution is 0.0955. The minimum Gasteiger partial charge on any atom is -0.494 e. The Hall–Kier alpha value is -3.65. The first kappa shape index (κ1) is 20.1. The van der Waals surface area contributed by atoms with Gasteiger partial charge in [0, 0.05) is 6.54 Å². The molecule has 0 spiro atoms. The number of carbonyl (C=O) groups excluding carboxylic acids is 1. The monoisotopic (exact) mass is 412 g/mol. The largest absolute Gasteiger partial charge is 0.494 e. The Bertz CT molecular complexity index is 1170. The van der Waals surface area contributed by atoms with E-state index in [-0.39, 0.29) is 22.7 Å². The maximum atomic E-state index is 12.1. The number of H-pyrrole nitrogens is 1. The number of aromatic nitrogens is 2. The van der Waals surface area contributed by atoms with Crippen LogP contribution in [0.4, 0.5) is 0 Å². The number of aromatic amines is 1. The number of rotatable bonds is 6. The minimum absolute atomic E-state index is 0.151. The van der Waals surface area contributed by atoms with Gasteiger partial charge in [0.05, 0.1) is 16.8 Å². The SMILES string of the molecule is O=C(N/N=C/c1c(O)n(CCc2ccccc2)c(=O)[nH]c1=O)c1ccccc1Cl. The van der Waals surface area contributed by atoms with Gasteiger partial charge in [0.2, 0.25) is 5.88 Å². The first-order chi connectivity index (χ1) is 14.0. The van der Waals surface area contributed by atoms with E-state index < -0.39 is 23.0 Å². The summed E-state index contributed by atoms with van der Waals surface area (Å²) in [6.07, 6.45) is 1.45. The van der Waals surface area contributed by atoms with Crippen LogP contribution in [0.25, 0.3) is 0 Å². The van der Waals surface area contributed by atoms with Crippen LogP contribution in [-0.2, 0) is 13.0 Å². The van der Waals surface area contributed by atoms with Crippen LogP contribution >= 0.6 is 11.6 Å². The molecule has 0 aliphatic carbocycles. The summed E-state index contributed by atoms with van der Waals surface area (Å²) in [5.41, 5.74) is 1.59. The van der Waals surface area contributed by atoms with Gasteiger partial charge in [0.15, 0.2) is 0 Å². The summed E-state index contributed by atoms with van der Waals surface area (Å²) in [5, 5.41) is 14.3. The highest BCUT2D eigenvalue weighted by Crippen LogP contribution is 2.14. The second kappa shape index (κ2) is 9.03. The van der Waals surface area contributed by atoms with Gasteiger partial charge < -0.3 is 5.11 Å². The van der Waals surface area contributed by atoms with Crippen molar-refractivity contribution in [3.8, 4) is 5.88 Å². The molecule has 0 saturated carbocycles. The lowest BCUT2D eigenvalue weighted by Gasteiger charge is -2.09. The van der Waals surface area contributed by atoms with Crippen molar-refractivity contribution in [3.63, 3.8) is 0 Å². The van der Waals surface area contributed by atoms with Crippen molar-refractivity contribution in [2.45, 2.75) is 13.0 Å². The second-order valence-electron chi connectivity index (χ2n) is 6.06. The Balaban J connectivity index is 1.79. The van der Waals surface area contributed by atoms with Crippen LogP contribution in [0.5, 0.6) is 5.88 Å². The van der Waals surface area contributed by atoms with E-state index in [0.717, 1.165) is 16.3 Å². The molecule has 9 heteroatoms. The van der Waals surface area contributed by atoms with Crippen molar-refractivity contribution in [1.29, 1.82) is 0 Å². The van der Waals surface area contributed by atoms with Crippen molar-refractivity contribution >= 4 is 23.7 Å². The average molecular weight is 413 g/mol. The van der Waals surface area contributed by atoms with Crippen LogP contribution in [-0.4, -0.2) is 26.8 Å². The molecule has 0 bridgehead atoms. The van der Waals surface area contributed by atoms with E-state index in [0.29, 0.717) is 6.42 Å². The zero-order valence-electron chi connectivity index (χ0n) is 15.1. The van der Waals surface area contributed by atoms with Crippen molar-refractivity contribution < 1.29 is 9.90 Å². The summed E-state index contributed by atoms with van der Waals surface area (Å²) in [4.78, 5) is 38.3. The number of hydrogen-bond donors (Lipinski definition) is 3. The first-order valence-corrected chi connectivity index (χ1v) is 9.03. The number of carbonyl (C=O) groups is 1. The number of aromatic hydroxyl groups is 1. The van der Waals surface area contributed by atoms with E-state index in [1.807, 2.05) is 30.3 Å². The third kappa shape index (κ3) is 4.80. The van der Waals surface area contributed by atoms with Gasteiger partial charge in [0.1, 0.15) is 5.56 Å². The van der Waals surface area contributed by atoms with Gasteiger partial charge in [-0.3, -0.25) is 19.1 Å². The summed E-state index contributed by atoms with van der Waals surface area (Å²) in [7, 11) is 0. The Morgan fingerprint density at radius 1 is 1.14 bits per heavy atom. The van der Waals surface area contributed by atoms with Crippen LogP contribution in [0.15, 0.2) is 69.3 Å². The highest BCUT2D eigenvalue weighted by Gasteiger charge is 2.13. The zero-order valence-corrected chi connectivity index (χ0v) is 15.9. The molecule has 0 saturated heterocycles. The predicted octanol–water partition coefficient (Wildman–Crippen LogP) is 1.90. The molecule has 3 rings (SSSR count). The molecular weight excluding hydrogens is 396 g/mol. The first-order valence-electron chi connectivity index (χ1n) is 8.65. The molecule has 3 N–H and O–H groups in total. The van der Waals surface area contributed by atoms with Crippen LogP contribution < -0.4 is 16.7 Å². The molecule has 1 aromatic heterocycles. The van der Waals surface area contributed by atoms with Crippen molar-refractivity contribution in [3.05, 3.63) is 97.1 Å². The molecule has 0 unspecified atom stereocenters. The van der Waals surface area contributed by atoms with Gasteiger partial charge in [0.25, 0.3) is 11.5 Å². The minimum atomic E-state index is -0.820. The maximum absolute atomic E-state index is 12.1. The van der Waals surface area contributed by atoms with Crippen LogP contribution in [0.2, 0.25) is 5.02 Å². The number of nitrogens with one attached hydrogen (secondary N) is 2. The number of nitrogens with zero attached hydrogens (tertiary/aromatic N) is 2. The third-order valence-electron chi connectivity index (χ3n) is 4.15. The number of benzene rings is 2. The number of halogens is 1. The predicted molar refractivity (Wildman–Crippen MR) is 110 cm³/mol. The fourth-order valence-corrected chi connectivity index (χ4v) is 2.87. The Morgan fingerprint density at radius 3 is 2.55 bits per heavy atom. The molecule has 0 atom stereocenters. The summed E-state index contributed by atoms with van der Waals surface area (Å²) < 4.78 is 1.03. The Kier molecular flexibility index (Phi) is 6.25. The number of hydrogen-bond acceptors (Lipinski definition) is 5. The fraction of sp³-hybridized carbons (Fsp3) is 0.100. The Morgan fingerprint density at radius 2 is 1.83 bits per heavy atom. The third-order valence-corrected chi connectivity index (χ3v) is 4.48. The van der Waals surface area contributed by atoms with Crippen molar-refractivity contribution in [2.24, 2.45) is 5.10 Å². The second-order valence-corrected chi connectivity index (χ2v) is 6.47. The van der Waals surface area contributed by atoms with E-state index >= 15 is 0 Å². The van der Waals surface area contributed by atoms with E-state index in [1.54, 1.807) is 18.2 Å². The van der Waals surface area contributed by atoms with Gasteiger partial charge in [-0.1, -0.05) is 54.1 Å². The fourth-order valence-electron chi connectivity index (χ4n) is 2.65. The van der Waals surface area contributed by atoms with Crippen LogP contribution in [0.1, 0.15) is 21.5 Å². The Labute approximate surface area is 170 Å². The quantitative estimate of drug-likeness (QED) is 0.423. The molecule has 1 heterocycles. The van der Waals surface area contributed by atoms with Gasteiger partial charge in [-0.25, -0.2) is 10.2 Å². The standard InChI is InChI=1S/C20H17ClN4O4/c21-16-9-5-4-8-14(16)18(27)24-22-12-15-17(26)23-20(29)25(19(15)28)11-10-13-6-2-1-3-7-13/h1-9,12,28H,10-11H2,(H,24,27)(H,23,26,29)/b22-12+. The molecule has 2 aromatic carbocycles. The van der Waals surface area contributed by atoms with Gasteiger partial charge >= 0.3 is 5.69 Å². The normalized spacial score (nSPS) is 10.9. The molecule has 0 aliphatic rings. The molecule has 0 radical (unpaired) electrons. The summed E-state index contributed by atoms with van der Waals surface area (Å²) in [6, 6.07) is 15.8. The number of hydrazone groups is 1. The van der Waals surface area contributed by atoms with Crippen molar-refractivity contribution in [1.82, 2.24) is 15.0 Å². The van der Waals surface area contributed by atoms with E-state index in [2.05, 4.69) is 15.5 Å². The highest BCUT2D eigenvalue weighted by molar-refractivity contribution is 6.33. The van der Waals surface area contributed by atoms with Crippen LogP contribution in [0, 0.1) is 0 Å². The van der Waals surface area contributed by atoms with Crippen LogP contribution in [0.3, 0.4) is 0 Å². The summed E-state index contributed by atoms with van der Waals surface area (Å²) in [5.74, 6) is -1.12. The van der Waals surface area contributed by atoms with Gasteiger partial charge in [-0.2, -0.15) is 5.10 Å². The highest BCUT2D eigenvalue weighted by atomic mass is 35.5. The molecular formula is C20H17ClN4O4. The van der Waals surface area contributed by atoms with E-state index in [1.165, 1.54) is 6.07 Å². The van der Waals surface area contributed by atoms with Gasteiger partial charge in [-0.05, 0) is 24.1 Å². The topological polar surface area (TPSA) is 117 Å². The molecule has 0 aliphatic heterocycles. The summed E-state index contributed by atoms with van der Waals surface area (Å²) in [6.45, 7) is 0.151. The molecule has 1 amide bonds. The molecule has 0 fully saturated rings. The molecule has 3 aromatic rings. The van der Waals surface area contributed by atoms with E-state index in [9.17, 15) is 19.5 Å². The molecule has 29 heavy (non-hydrogen) atoms. The molecule has 8 nitrogen and oxygen atoms in total. The van der Waals surface area contributed by atoms with Gasteiger partial charge in [-0.15, -0.1) is 0 Å². The lowest BCUT2D eigenvalue weighted by Crippen LogP contribution is -2.33. The molecule has 148 valence electrons. The number of aryl methyl sites for hydroxylation is 1. The number of amides is 1. The smallest absolute Gasteiger partial charge is 0.331 e. The van der Waals surface area contributed by atoms with E-state index in [4.69, 9.17) is 11.6 Å². The maximum Gasteiger partial charge on any atom is 0.331 e.